The van der Waals surface area contributed by atoms with Gasteiger partial charge in [-0.1, -0.05) is 71.8 Å². The van der Waals surface area contributed by atoms with Gasteiger partial charge in [0.15, 0.2) is 0 Å². The van der Waals surface area contributed by atoms with Crippen LogP contribution in [0.15, 0.2) is 48.5 Å². The summed E-state index contributed by atoms with van der Waals surface area (Å²) in [5.74, 6) is 0. The molecule has 0 radical (unpaired) electrons. The predicted octanol–water partition coefficient (Wildman–Crippen LogP) is 4.41. The van der Waals surface area contributed by atoms with Crippen LogP contribution in [0.3, 0.4) is 0 Å². The van der Waals surface area contributed by atoms with Gasteiger partial charge in [0, 0.05) is 10.6 Å². The van der Waals surface area contributed by atoms with Crippen molar-refractivity contribution in [3.63, 3.8) is 0 Å². The van der Waals surface area contributed by atoms with Crippen LogP contribution in [0, 0.1) is 6.92 Å². The largest absolute Gasteiger partial charge is 0.0836 e. The molecule has 2 heteroatoms. The van der Waals surface area contributed by atoms with Crippen LogP contribution in [0.5, 0.6) is 0 Å². The maximum absolute atomic E-state index is 6.12. The third-order valence-corrected chi connectivity index (χ3v) is 3.18. The summed E-state index contributed by atoms with van der Waals surface area (Å²) in [6.45, 7) is 2.05. The molecule has 80 valence electrons. The summed E-state index contributed by atoms with van der Waals surface area (Å²) >= 11 is 11.6. The van der Waals surface area contributed by atoms with Crippen LogP contribution >= 0.6 is 23.8 Å². The Hall–Kier alpha value is -1.18. The van der Waals surface area contributed by atoms with Gasteiger partial charge in [-0.25, -0.2) is 0 Å². The summed E-state index contributed by atoms with van der Waals surface area (Å²) in [7, 11) is 0. The molecule has 2 aromatic rings. The van der Waals surface area contributed by atoms with Gasteiger partial charge in [0.25, 0.3) is 0 Å². The van der Waals surface area contributed by atoms with Gasteiger partial charge in [-0.2, -0.15) is 0 Å². The standard InChI is InChI=1S/C14H11ClS/c1-10-5-4-6-11(9-10)14(16)12-7-2-3-8-13(12)15/h2-9H,1H3. The van der Waals surface area contributed by atoms with E-state index in [0.717, 1.165) is 16.0 Å². The molecule has 0 nitrogen and oxygen atoms in total. The lowest BCUT2D eigenvalue weighted by molar-refractivity contribution is 1.46. The fraction of sp³-hybridized carbons (Fsp3) is 0.0714. The first-order valence-corrected chi connectivity index (χ1v) is 5.83. The van der Waals surface area contributed by atoms with E-state index in [1.165, 1.54) is 5.56 Å². The normalized spacial score (nSPS) is 10.1. The van der Waals surface area contributed by atoms with Crippen molar-refractivity contribution in [2.24, 2.45) is 0 Å². The Morgan fingerprint density at radius 1 is 1.06 bits per heavy atom. The van der Waals surface area contributed by atoms with Gasteiger partial charge in [0.1, 0.15) is 0 Å². The number of rotatable bonds is 2. The monoisotopic (exact) mass is 246 g/mol. The highest BCUT2D eigenvalue weighted by Gasteiger charge is 2.07. The lowest BCUT2D eigenvalue weighted by Crippen LogP contribution is -2.00. The number of halogens is 1. The first kappa shape index (κ1) is 11.3. The number of aryl methyl sites for hydroxylation is 1. The zero-order valence-electron chi connectivity index (χ0n) is 8.91. The van der Waals surface area contributed by atoms with Gasteiger partial charge >= 0.3 is 0 Å². The predicted molar refractivity (Wildman–Crippen MR) is 73.4 cm³/mol. The minimum Gasteiger partial charge on any atom is -0.0836 e. The van der Waals surface area contributed by atoms with Crippen molar-refractivity contribution in [2.75, 3.05) is 0 Å². The van der Waals surface area contributed by atoms with E-state index in [-0.39, 0.29) is 0 Å². The summed E-state index contributed by atoms with van der Waals surface area (Å²) in [6.07, 6.45) is 0. The van der Waals surface area contributed by atoms with Gasteiger partial charge in [-0.05, 0) is 18.6 Å². The third kappa shape index (κ3) is 2.31. The smallest absolute Gasteiger partial charge is 0.0536 e. The summed E-state index contributed by atoms with van der Waals surface area (Å²) < 4.78 is 0. The minimum atomic E-state index is 0.703. The van der Waals surface area contributed by atoms with Crippen LogP contribution in [0.1, 0.15) is 16.7 Å². The summed E-state index contributed by atoms with van der Waals surface area (Å²) in [6, 6.07) is 15.8. The van der Waals surface area contributed by atoms with Crippen LogP contribution in [0.2, 0.25) is 5.02 Å². The fourth-order valence-electron chi connectivity index (χ4n) is 1.59. The molecular weight excluding hydrogens is 236 g/mol. The van der Waals surface area contributed by atoms with Crippen LogP contribution in [0.4, 0.5) is 0 Å². The number of hydrogen-bond acceptors (Lipinski definition) is 1. The number of thiocarbonyl (C=S) groups is 1. The Morgan fingerprint density at radius 2 is 1.81 bits per heavy atom. The molecule has 0 aliphatic rings. The quantitative estimate of drug-likeness (QED) is 0.559. The molecule has 0 bridgehead atoms. The van der Waals surface area contributed by atoms with Crippen molar-refractivity contribution in [2.45, 2.75) is 6.92 Å². The van der Waals surface area contributed by atoms with E-state index in [0.29, 0.717) is 5.02 Å². The van der Waals surface area contributed by atoms with Gasteiger partial charge in [-0.3, -0.25) is 0 Å². The highest BCUT2D eigenvalue weighted by atomic mass is 35.5. The van der Waals surface area contributed by atoms with E-state index >= 15 is 0 Å². The third-order valence-electron chi connectivity index (χ3n) is 2.40. The first-order valence-electron chi connectivity index (χ1n) is 5.04. The zero-order valence-corrected chi connectivity index (χ0v) is 10.5. The molecule has 0 saturated carbocycles. The molecule has 0 aliphatic carbocycles. The minimum absolute atomic E-state index is 0.703. The van der Waals surface area contributed by atoms with E-state index in [1.807, 2.05) is 36.4 Å². The molecule has 0 amide bonds. The van der Waals surface area contributed by atoms with Crippen LogP contribution in [-0.4, -0.2) is 4.86 Å². The topological polar surface area (TPSA) is 0 Å². The van der Waals surface area contributed by atoms with Crippen molar-refractivity contribution in [1.29, 1.82) is 0 Å². The highest BCUT2D eigenvalue weighted by molar-refractivity contribution is 7.81. The molecule has 0 unspecified atom stereocenters. The first-order chi connectivity index (χ1) is 7.68. The molecule has 0 saturated heterocycles. The van der Waals surface area contributed by atoms with E-state index in [4.69, 9.17) is 23.8 Å². The summed E-state index contributed by atoms with van der Waals surface area (Å²) in [5, 5.41) is 0.703. The molecule has 0 N–H and O–H groups in total. The van der Waals surface area contributed by atoms with E-state index in [1.54, 1.807) is 0 Å². The SMILES string of the molecule is Cc1cccc(C(=S)c2ccccc2Cl)c1. The molecule has 16 heavy (non-hydrogen) atoms. The van der Waals surface area contributed by atoms with Gasteiger partial charge in [-0.15, -0.1) is 0 Å². The van der Waals surface area contributed by atoms with Crippen molar-refractivity contribution in [3.8, 4) is 0 Å². The van der Waals surface area contributed by atoms with Gasteiger partial charge in [0.05, 0.1) is 4.86 Å². The fourth-order valence-corrected chi connectivity index (χ4v) is 2.18. The van der Waals surface area contributed by atoms with E-state index < -0.39 is 0 Å². The average molecular weight is 247 g/mol. The Balaban J connectivity index is 2.44. The van der Waals surface area contributed by atoms with Crippen molar-refractivity contribution >= 4 is 28.7 Å². The molecule has 2 aromatic carbocycles. The second-order valence-electron chi connectivity index (χ2n) is 3.68. The Labute approximate surface area is 106 Å². The lowest BCUT2D eigenvalue weighted by Gasteiger charge is -2.06. The lowest BCUT2D eigenvalue weighted by atomic mass is 10.0. The summed E-state index contributed by atoms with van der Waals surface area (Å²) in [4.78, 5) is 0.800. The second-order valence-corrected chi connectivity index (χ2v) is 4.49. The number of hydrogen-bond donors (Lipinski definition) is 0. The van der Waals surface area contributed by atoms with Crippen molar-refractivity contribution in [1.82, 2.24) is 0 Å². The molecule has 0 spiro atoms. The van der Waals surface area contributed by atoms with E-state index in [9.17, 15) is 0 Å². The second kappa shape index (κ2) is 4.77. The van der Waals surface area contributed by atoms with Crippen LogP contribution in [-0.2, 0) is 0 Å². The Bertz CT molecular complexity index is 532. The van der Waals surface area contributed by atoms with Crippen molar-refractivity contribution in [3.05, 3.63) is 70.2 Å². The molecule has 0 atom stereocenters. The van der Waals surface area contributed by atoms with E-state index in [2.05, 4.69) is 19.1 Å². The van der Waals surface area contributed by atoms with Crippen LogP contribution < -0.4 is 0 Å². The Morgan fingerprint density at radius 3 is 2.50 bits per heavy atom. The maximum Gasteiger partial charge on any atom is 0.0536 e. The molecule has 0 aromatic heterocycles. The van der Waals surface area contributed by atoms with Gasteiger partial charge < -0.3 is 0 Å². The van der Waals surface area contributed by atoms with Gasteiger partial charge in [0.2, 0.25) is 0 Å². The molecule has 0 aliphatic heterocycles. The highest BCUT2D eigenvalue weighted by Crippen LogP contribution is 2.20. The maximum atomic E-state index is 6.12. The molecule has 0 heterocycles. The van der Waals surface area contributed by atoms with Crippen molar-refractivity contribution < 1.29 is 0 Å². The molecule has 0 fully saturated rings. The molecular formula is C14H11ClS. The average Bonchev–Trinajstić information content (AvgIpc) is 2.29. The molecule has 2 rings (SSSR count). The number of benzene rings is 2. The Kier molecular flexibility index (Phi) is 3.37. The van der Waals surface area contributed by atoms with Crippen LogP contribution in [0.25, 0.3) is 0 Å². The summed E-state index contributed by atoms with van der Waals surface area (Å²) in [5.41, 5.74) is 3.17. The zero-order chi connectivity index (χ0) is 11.5.